The average molecular weight is 399 g/mol. The fourth-order valence-electron chi connectivity index (χ4n) is 2.94. The summed E-state index contributed by atoms with van der Waals surface area (Å²) >= 11 is 0. The number of benzene rings is 1. The number of alkyl halides is 3. The number of halogens is 3. The fraction of sp³-hybridized carbons (Fsp3) is 0.474. The van der Waals surface area contributed by atoms with Crippen molar-refractivity contribution in [2.75, 3.05) is 20.8 Å². The summed E-state index contributed by atoms with van der Waals surface area (Å²) < 4.78 is 51.6. The monoisotopic (exact) mass is 399 g/mol. The molecule has 0 saturated carbocycles. The van der Waals surface area contributed by atoms with Gasteiger partial charge in [0, 0.05) is 18.3 Å². The van der Waals surface area contributed by atoms with Crippen molar-refractivity contribution in [1.82, 2.24) is 15.1 Å². The summed E-state index contributed by atoms with van der Waals surface area (Å²) in [5, 5.41) is 6.16. The topological polar surface area (TPSA) is 65.4 Å². The van der Waals surface area contributed by atoms with Gasteiger partial charge in [-0.1, -0.05) is 6.07 Å². The zero-order valence-corrected chi connectivity index (χ0v) is 16.5. The van der Waals surface area contributed by atoms with E-state index in [9.17, 15) is 18.0 Å². The van der Waals surface area contributed by atoms with Gasteiger partial charge in [0.1, 0.15) is 0 Å². The second kappa shape index (κ2) is 8.53. The van der Waals surface area contributed by atoms with Crippen molar-refractivity contribution in [3.8, 4) is 11.5 Å². The minimum atomic E-state index is -4.71. The van der Waals surface area contributed by atoms with E-state index < -0.39 is 23.3 Å². The maximum Gasteiger partial charge on any atom is 0.435 e. The number of hydrogen-bond donors (Lipinski definition) is 1. The maximum absolute atomic E-state index is 13.3. The number of aromatic nitrogens is 2. The average Bonchev–Trinajstić information content (AvgIpc) is 2.99. The van der Waals surface area contributed by atoms with Crippen molar-refractivity contribution in [2.24, 2.45) is 0 Å². The van der Waals surface area contributed by atoms with Crippen LogP contribution >= 0.6 is 0 Å². The van der Waals surface area contributed by atoms with Gasteiger partial charge in [-0.2, -0.15) is 18.3 Å². The number of hydrogen-bond acceptors (Lipinski definition) is 4. The number of carbonyl (C=O) groups is 1. The van der Waals surface area contributed by atoms with Crippen LogP contribution in [0.1, 0.15) is 47.2 Å². The second-order valence-corrected chi connectivity index (χ2v) is 6.54. The molecule has 0 aliphatic heterocycles. The zero-order valence-electron chi connectivity index (χ0n) is 16.5. The Balaban J connectivity index is 2.15. The van der Waals surface area contributed by atoms with Crippen LogP contribution in [0.25, 0.3) is 0 Å². The zero-order chi connectivity index (χ0) is 21.1. The highest BCUT2D eigenvalue weighted by Crippen LogP contribution is 2.33. The third-order valence-electron chi connectivity index (χ3n) is 4.28. The first kappa shape index (κ1) is 21.6. The number of amides is 1. The van der Waals surface area contributed by atoms with Crippen molar-refractivity contribution in [3.63, 3.8) is 0 Å². The van der Waals surface area contributed by atoms with Gasteiger partial charge in [-0.05, 0) is 44.9 Å². The lowest BCUT2D eigenvalue weighted by atomic mass is 10.1. The van der Waals surface area contributed by atoms with E-state index in [1.165, 1.54) is 25.8 Å². The lowest BCUT2D eigenvalue weighted by molar-refractivity contribution is -0.141. The summed E-state index contributed by atoms with van der Waals surface area (Å²) in [6.07, 6.45) is -4.29. The van der Waals surface area contributed by atoms with E-state index in [1.54, 1.807) is 32.0 Å². The first-order valence-electron chi connectivity index (χ1n) is 8.75. The van der Waals surface area contributed by atoms with Gasteiger partial charge in [-0.25, -0.2) is 0 Å². The summed E-state index contributed by atoms with van der Waals surface area (Å²) in [6.45, 7) is 5.04. The molecule has 1 aromatic carbocycles. The van der Waals surface area contributed by atoms with Crippen molar-refractivity contribution >= 4 is 5.91 Å². The lowest BCUT2D eigenvalue weighted by Gasteiger charge is -2.11. The molecule has 0 atom stereocenters. The number of rotatable bonds is 7. The molecule has 0 radical (unpaired) electrons. The largest absolute Gasteiger partial charge is 0.493 e. The van der Waals surface area contributed by atoms with E-state index in [2.05, 4.69) is 10.4 Å². The molecule has 1 aromatic heterocycles. The number of nitrogens with zero attached hydrogens (tertiary/aromatic N) is 2. The standard InChI is InChI=1S/C19H24F3N3O3/c1-11(2)25-12(3)16(17(24-25)19(20,21)22)18(26)23-9-8-13-6-7-14(27-4)15(10-13)28-5/h6-7,10-11H,8-9H2,1-5H3,(H,23,26). The predicted molar refractivity (Wildman–Crippen MR) is 97.9 cm³/mol. The van der Waals surface area contributed by atoms with Crippen LogP contribution in [0.2, 0.25) is 0 Å². The molecule has 1 N–H and O–H groups in total. The van der Waals surface area contributed by atoms with Crippen LogP contribution in [0.4, 0.5) is 13.2 Å². The molecule has 0 unspecified atom stereocenters. The van der Waals surface area contributed by atoms with Gasteiger partial charge in [-0.3, -0.25) is 9.48 Å². The molecular formula is C19H24F3N3O3. The summed E-state index contributed by atoms with van der Waals surface area (Å²) in [4.78, 5) is 12.5. The van der Waals surface area contributed by atoms with Crippen molar-refractivity contribution < 1.29 is 27.4 Å². The number of nitrogens with one attached hydrogen (secondary N) is 1. The Labute approximate surface area is 161 Å². The second-order valence-electron chi connectivity index (χ2n) is 6.54. The van der Waals surface area contributed by atoms with E-state index in [0.29, 0.717) is 17.9 Å². The Morgan fingerprint density at radius 2 is 1.86 bits per heavy atom. The van der Waals surface area contributed by atoms with E-state index in [0.717, 1.165) is 5.56 Å². The maximum atomic E-state index is 13.3. The molecule has 2 rings (SSSR count). The van der Waals surface area contributed by atoms with E-state index in [-0.39, 0.29) is 18.3 Å². The Morgan fingerprint density at radius 3 is 2.39 bits per heavy atom. The molecule has 0 fully saturated rings. The van der Waals surface area contributed by atoms with Gasteiger partial charge in [0.2, 0.25) is 0 Å². The number of methoxy groups -OCH3 is 2. The lowest BCUT2D eigenvalue weighted by Crippen LogP contribution is -2.28. The van der Waals surface area contributed by atoms with Gasteiger partial charge >= 0.3 is 6.18 Å². The van der Waals surface area contributed by atoms with Crippen molar-refractivity contribution in [1.29, 1.82) is 0 Å². The molecular weight excluding hydrogens is 375 g/mol. The Morgan fingerprint density at radius 1 is 1.21 bits per heavy atom. The van der Waals surface area contributed by atoms with Gasteiger partial charge in [0.05, 0.1) is 19.8 Å². The normalized spacial score (nSPS) is 11.6. The summed E-state index contributed by atoms with van der Waals surface area (Å²) in [5.74, 6) is 0.318. The molecule has 28 heavy (non-hydrogen) atoms. The van der Waals surface area contributed by atoms with Crippen LogP contribution in [-0.4, -0.2) is 36.5 Å². The van der Waals surface area contributed by atoms with Crippen molar-refractivity contribution in [3.05, 3.63) is 40.7 Å². The molecule has 1 heterocycles. The van der Waals surface area contributed by atoms with Gasteiger partial charge in [0.25, 0.3) is 5.91 Å². The summed E-state index contributed by atoms with van der Waals surface area (Å²) in [5.41, 5.74) is -0.564. The highest BCUT2D eigenvalue weighted by atomic mass is 19.4. The molecule has 0 saturated heterocycles. The molecule has 9 heteroatoms. The van der Waals surface area contributed by atoms with Gasteiger partial charge in [0.15, 0.2) is 17.2 Å². The third-order valence-corrected chi connectivity index (χ3v) is 4.28. The molecule has 0 bridgehead atoms. The molecule has 2 aromatic rings. The number of ether oxygens (including phenoxy) is 2. The number of carbonyl (C=O) groups excluding carboxylic acids is 1. The van der Waals surface area contributed by atoms with Crippen LogP contribution in [0, 0.1) is 6.92 Å². The predicted octanol–water partition coefficient (Wildman–Crippen LogP) is 3.78. The smallest absolute Gasteiger partial charge is 0.435 e. The molecule has 6 nitrogen and oxygen atoms in total. The molecule has 0 aliphatic carbocycles. The SMILES string of the molecule is COc1ccc(CCNC(=O)c2c(C(F)(F)F)nn(C(C)C)c2C)cc1OC. The quantitative estimate of drug-likeness (QED) is 0.770. The van der Waals surface area contributed by atoms with E-state index >= 15 is 0 Å². The Bertz CT molecular complexity index is 845. The van der Waals surface area contributed by atoms with Crippen molar-refractivity contribution in [2.45, 2.75) is 39.4 Å². The van der Waals surface area contributed by atoms with Crippen LogP contribution in [0.3, 0.4) is 0 Å². The van der Waals surface area contributed by atoms with E-state index in [1.807, 2.05) is 0 Å². The van der Waals surface area contributed by atoms with E-state index in [4.69, 9.17) is 9.47 Å². The fourth-order valence-corrected chi connectivity index (χ4v) is 2.94. The van der Waals surface area contributed by atoms with Gasteiger partial charge in [-0.15, -0.1) is 0 Å². The molecule has 1 amide bonds. The van der Waals surface area contributed by atoms with Crippen LogP contribution in [0.5, 0.6) is 11.5 Å². The highest BCUT2D eigenvalue weighted by Gasteiger charge is 2.40. The van der Waals surface area contributed by atoms with Crippen LogP contribution in [-0.2, 0) is 12.6 Å². The first-order chi connectivity index (χ1) is 13.1. The highest BCUT2D eigenvalue weighted by molar-refractivity contribution is 5.96. The minimum absolute atomic E-state index is 0.165. The third kappa shape index (κ3) is 4.58. The first-order valence-corrected chi connectivity index (χ1v) is 8.75. The Hall–Kier alpha value is -2.71. The molecule has 0 spiro atoms. The van der Waals surface area contributed by atoms with Crippen LogP contribution in [0.15, 0.2) is 18.2 Å². The summed E-state index contributed by atoms with van der Waals surface area (Å²) in [7, 11) is 3.03. The summed E-state index contributed by atoms with van der Waals surface area (Å²) in [6, 6.07) is 4.99. The van der Waals surface area contributed by atoms with Gasteiger partial charge < -0.3 is 14.8 Å². The van der Waals surface area contributed by atoms with Crippen LogP contribution < -0.4 is 14.8 Å². The molecule has 154 valence electrons. The minimum Gasteiger partial charge on any atom is -0.493 e. The Kier molecular flexibility index (Phi) is 6.58. The molecule has 0 aliphatic rings.